The fourth-order valence-electron chi connectivity index (χ4n) is 2.29. The Kier molecular flexibility index (Phi) is 6.22. The van der Waals surface area contributed by atoms with Crippen molar-refractivity contribution in [3.05, 3.63) is 12.7 Å². The highest BCUT2D eigenvalue weighted by Crippen LogP contribution is 2.28. The molecule has 4 heteroatoms. The third-order valence-electron chi connectivity index (χ3n) is 3.28. The lowest BCUT2D eigenvalue weighted by Crippen LogP contribution is -2.51. The molecular weight excluding hydrogens is 216 g/mol. The van der Waals surface area contributed by atoms with Gasteiger partial charge in [-0.2, -0.15) is 0 Å². The summed E-state index contributed by atoms with van der Waals surface area (Å²) >= 11 is 0. The van der Waals surface area contributed by atoms with Crippen molar-refractivity contribution in [1.82, 2.24) is 5.32 Å². The van der Waals surface area contributed by atoms with E-state index in [1.54, 1.807) is 6.08 Å². The fourth-order valence-corrected chi connectivity index (χ4v) is 2.29. The summed E-state index contributed by atoms with van der Waals surface area (Å²) < 4.78 is 5.23. The van der Waals surface area contributed by atoms with Crippen LogP contribution in [0.5, 0.6) is 0 Å². The van der Waals surface area contributed by atoms with Crippen LogP contribution in [0.2, 0.25) is 0 Å². The number of amides is 1. The molecule has 0 spiro atoms. The van der Waals surface area contributed by atoms with Crippen LogP contribution in [-0.2, 0) is 9.53 Å². The SMILES string of the molecule is C=CCOCCCC(=O)NC1(CN)CCCC1. The lowest BCUT2D eigenvalue weighted by molar-refractivity contribution is -0.123. The highest BCUT2D eigenvalue weighted by molar-refractivity contribution is 5.76. The Balaban J connectivity index is 2.17. The number of ether oxygens (including phenoxy) is 1. The van der Waals surface area contributed by atoms with Crippen molar-refractivity contribution in [1.29, 1.82) is 0 Å². The Morgan fingerprint density at radius 2 is 2.18 bits per heavy atom. The second-order valence-corrected chi connectivity index (χ2v) is 4.71. The molecule has 0 unspecified atom stereocenters. The summed E-state index contributed by atoms with van der Waals surface area (Å²) in [6.45, 7) is 5.27. The molecule has 0 aliphatic heterocycles. The van der Waals surface area contributed by atoms with Gasteiger partial charge in [-0.1, -0.05) is 18.9 Å². The predicted octanol–water partition coefficient (Wildman–Crippen LogP) is 1.36. The zero-order valence-electron chi connectivity index (χ0n) is 10.5. The Morgan fingerprint density at radius 3 is 2.76 bits per heavy atom. The minimum atomic E-state index is -0.126. The van der Waals surface area contributed by atoms with Crippen molar-refractivity contribution in [3.8, 4) is 0 Å². The van der Waals surface area contributed by atoms with Crippen LogP contribution in [0.3, 0.4) is 0 Å². The van der Waals surface area contributed by atoms with Gasteiger partial charge in [-0.15, -0.1) is 6.58 Å². The number of hydrogen-bond acceptors (Lipinski definition) is 3. The molecule has 0 heterocycles. The minimum Gasteiger partial charge on any atom is -0.377 e. The maximum Gasteiger partial charge on any atom is 0.220 e. The molecule has 4 nitrogen and oxygen atoms in total. The smallest absolute Gasteiger partial charge is 0.220 e. The van der Waals surface area contributed by atoms with Crippen LogP contribution in [0, 0.1) is 0 Å². The maximum atomic E-state index is 11.8. The standard InChI is InChI=1S/C13H24N2O2/c1-2-9-17-10-5-6-12(16)15-13(11-14)7-3-4-8-13/h2H,1,3-11,14H2,(H,15,16). The molecule has 0 saturated heterocycles. The van der Waals surface area contributed by atoms with Crippen molar-refractivity contribution in [2.45, 2.75) is 44.1 Å². The van der Waals surface area contributed by atoms with Crippen LogP contribution in [0.25, 0.3) is 0 Å². The van der Waals surface area contributed by atoms with E-state index < -0.39 is 0 Å². The molecule has 1 amide bonds. The van der Waals surface area contributed by atoms with E-state index in [0.717, 1.165) is 19.3 Å². The molecule has 1 rings (SSSR count). The highest BCUT2D eigenvalue weighted by Gasteiger charge is 2.33. The van der Waals surface area contributed by atoms with Gasteiger partial charge in [0.2, 0.25) is 5.91 Å². The summed E-state index contributed by atoms with van der Waals surface area (Å²) in [7, 11) is 0. The Bertz CT molecular complexity index is 248. The zero-order valence-corrected chi connectivity index (χ0v) is 10.5. The number of nitrogens with one attached hydrogen (secondary N) is 1. The van der Waals surface area contributed by atoms with E-state index in [4.69, 9.17) is 10.5 Å². The van der Waals surface area contributed by atoms with Crippen molar-refractivity contribution in [3.63, 3.8) is 0 Å². The summed E-state index contributed by atoms with van der Waals surface area (Å²) in [5, 5.41) is 3.09. The highest BCUT2D eigenvalue weighted by atomic mass is 16.5. The second kappa shape index (κ2) is 7.45. The third-order valence-corrected chi connectivity index (χ3v) is 3.28. The van der Waals surface area contributed by atoms with E-state index in [2.05, 4.69) is 11.9 Å². The van der Waals surface area contributed by atoms with Crippen LogP contribution in [0.4, 0.5) is 0 Å². The van der Waals surface area contributed by atoms with Gasteiger partial charge >= 0.3 is 0 Å². The molecular formula is C13H24N2O2. The van der Waals surface area contributed by atoms with E-state index in [1.807, 2.05) is 0 Å². The minimum absolute atomic E-state index is 0.0968. The molecule has 98 valence electrons. The number of rotatable bonds is 8. The first-order valence-electron chi connectivity index (χ1n) is 6.42. The van der Waals surface area contributed by atoms with Gasteiger partial charge in [-0.25, -0.2) is 0 Å². The quantitative estimate of drug-likeness (QED) is 0.497. The summed E-state index contributed by atoms with van der Waals surface area (Å²) in [6, 6.07) is 0. The molecule has 0 aromatic heterocycles. The van der Waals surface area contributed by atoms with E-state index in [-0.39, 0.29) is 11.4 Å². The normalized spacial score (nSPS) is 17.9. The molecule has 1 aliphatic rings. The van der Waals surface area contributed by atoms with Gasteiger partial charge < -0.3 is 15.8 Å². The summed E-state index contributed by atoms with van der Waals surface area (Å²) in [5.41, 5.74) is 5.64. The Hall–Kier alpha value is -0.870. The average molecular weight is 240 g/mol. The Labute approximate surface area is 104 Å². The molecule has 1 aliphatic carbocycles. The average Bonchev–Trinajstić information content (AvgIpc) is 2.78. The van der Waals surface area contributed by atoms with Crippen molar-refractivity contribution in [2.75, 3.05) is 19.8 Å². The van der Waals surface area contributed by atoms with Crippen LogP contribution in [0.1, 0.15) is 38.5 Å². The first-order valence-corrected chi connectivity index (χ1v) is 6.42. The molecule has 3 N–H and O–H groups in total. The maximum absolute atomic E-state index is 11.8. The van der Waals surface area contributed by atoms with E-state index >= 15 is 0 Å². The van der Waals surface area contributed by atoms with Crippen molar-refractivity contribution >= 4 is 5.91 Å². The summed E-state index contributed by atoms with van der Waals surface area (Å²) in [6.07, 6.45) is 7.34. The number of nitrogens with two attached hydrogens (primary N) is 1. The van der Waals surface area contributed by atoms with Crippen LogP contribution in [0.15, 0.2) is 12.7 Å². The first-order chi connectivity index (χ1) is 8.22. The van der Waals surface area contributed by atoms with Gasteiger partial charge in [-0.3, -0.25) is 4.79 Å². The molecule has 17 heavy (non-hydrogen) atoms. The monoisotopic (exact) mass is 240 g/mol. The van der Waals surface area contributed by atoms with E-state index in [1.165, 1.54) is 12.8 Å². The van der Waals surface area contributed by atoms with Gasteiger partial charge in [0.25, 0.3) is 0 Å². The van der Waals surface area contributed by atoms with Gasteiger partial charge in [0.15, 0.2) is 0 Å². The van der Waals surface area contributed by atoms with Gasteiger partial charge in [0.05, 0.1) is 12.1 Å². The number of carbonyl (C=O) groups excluding carboxylic acids is 1. The molecule has 1 saturated carbocycles. The lowest BCUT2D eigenvalue weighted by Gasteiger charge is -2.28. The fraction of sp³-hybridized carbons (Fsp3) is 0.769. The molecule has 0 bridgehead atoms. The van der Waals surface area contributed by atoms with E-state index in [0.29, 0.717) is 26.2 Å². The van der Waals surface area contributed by atoms with Gasteiger partial charge in [-0.05, 0) is 19.3 Å². The molecule has 0 radical (unpaired) electrons. The van der Waals surface area contributed by atoms with Gasteiger partial charge in [0, 0.05) is 19.6 Å². The number of carbonyl (C=O) groups is 1. The molecule has 1 fully saturated rings. The molecule has 0 aromatic carbocycles. The Morgan fingerprint density at radius 1 is 1.47 bits per heavy atom. The summed E-state index contributed by atoms with van der Waals surface area (Å²) in [5.74, 6) is 0.0968. The van der Waals surface area contributed by atoms with Crippen molar-refractivity contribution < 1.29 is 9.53 Å². The van der Waals surface area contributed by atoms with Crippen LogP contribution in [-0.4, -0.2) is 31.2 Å². The first kappa shape index (κ1) is 14.2. The van der Waals surface area contributed by atoms with Crippen LogP contribution < -0.4 is 11.1 Å². The summed E-state index contributed by atoms with van der Waals surface area (Å²) in [4.78, 5) is 11.8. The third kappa shape index (κ3) is 4.88. The second-order valence-electron chi connectivity index (χ2n) is 4.71. The number of hydrogen-bond donors (Lipinski definition) is 2. The lowest BCUT2D eigenvalue weighted by atomic mass is 9.97. The topological polar surface area (TPSA) is 64.3 Å². The van der Waals surface area contributed by atoms with E-state index in [9.17, 15) is 4.79 Å². The molecule has 0 aromatic rings. The molecule has 0 atom stereocenters. The van der Waals surface area contributed by atoms with Gasteiger partial charge in [0.1, 0.15) is 0 Å². The predicted molar refractivity (Wildman–Crippen MR) is 68.6 cm³/mol. The van der Waals surface area contributed by atoms with Crippen molar-refractivity contribution in [2.24, 2.45) is 5.73 Å². The zero-order chi connectivity index (χ0) is 12.6. The van der Waals surface area contributed by atoms with Crippen LogP contribution >= 0.6 is 0 Å². The largest absolute Gasteiger partial charge is 0.377 e.